The van der Waals surface area contributed by atoms with Gasteiger partial charge in [0, 0.05) is 12.2 Å². The molecule has 2 aromatic carbocycles. The SMILES string of the molecule is COC(=O)c1cc(CNC(=O)c2sccc2S(=O)(=O)Nc2ccc(C)cc2)ccc1OC. The molecular formula is C22H22N2O6S2. The van der Waals surface area contributed by atoms with Crippen LogP contribution in [0.5, 0.6) is 5.75 Å². The standard InChI is InChI=1S/C22H22N2O6S2/c1-14-4-7-16(8-5-14)24-32(27,28)19-10-11-31-20(19)21(25)23-13-15-6-9-18(29-2)17(12-15)22(26)30-3/h4-12,24H,13H2,1-3H3,(H,23,25). The van der Waals surface area contributed by atoms with Gasteiger partial charge in [0.15, 0.2) is 0 Å². The van der Waals surface area contributed by atoms with Crippen molar-refractivity contribution in [3.05, 3.63) is 75.5 Å². The van der Waals surface area contributed by atoms with Gasteiger partial charge in [0.1, 0.15) is 21.1 Å². The van der Waals surface area contributed by atoms with Gasteiger partial charge in [-0.15, -0.1) is 11.3 Å². The highest BCUT2D eigenvalue weighted by molar-refractivity contribution is 7.93. The molecule has 0 aliphatic rings. The fraction of sp³-hybridized carbons (Fsp3) is 0.182. The number of benzene rings is 2. The third-order valence-corrected chi connectivity index (χ3v) is 7.02. The molecule has 0 saturated heterocycles. The molecule has 8 nitrogen and oxygen atoms in total. The third kappa shape index (κ3) is 5.27. The number of amides is 1. The Labute approximate surface area is 190 Å². The smallest absolute Gasteiger partial charge is 0.341 e. The second kappa shape index (κ2) is 9.84. The summed E-state index contributed by atoms with van der Waals surface area (Å²) in [4.78, 5) is 24.6. The van der Waals surface area contributed by atoms with E-state index in [4.69, 9.17) is 9.47 Å². The first-order valence-electron chi connectivity index (χ1n) is 9.45. The molecule has 3 rings (SSSR count). The lowest BCUT2D eigenvalue weighted by Crippen LogP contribution is -2.25. The van der Waals surface area contributed by atoms with Gasteiger partial charge in [0.25, 0.3) is 15.9 Å². The molecule has 0 atom stereocenters. The quantitative estimate of drug-likeness (QED) is 0.483. The van der Waals surface area contributed by atoms with Crippen molar-refractivity contribution in [3.8, 4) is 5.75 Å². The van der Waals surface area contributed by atoms with Crippen molar-refractivity contribution >= 4 is 38.9 Å². The summed E-state index contributed by atoms with van der Waals surface area (Å²) < 4.78 is 38.0. The Morgan fingerprint density at radius 1 is 1.03 bits per heavy atom. The summed E-state index contributed by atoms with van der Waals surface area (Å²) in [6.45, 7) is 1.98. The number of carbonyl (C=O) groups is 2. The second-order valence-electron chi connectivity index (χ2n) is 6.79. The topological polar surface area (TPSA) is 111 Å². The number of esters is 1. The number of carbonyl (C=O) groups excluding carboxylic acids is 2. The van der Waals surface area contributed by atoms with E-state index in [1.807, 2.05) is 6.92 Å². The van der Waals surface area contributed by atoms with Gasteiger partial charge in [-0.3, -0.25) is 9.52 Å². The summed E-state index contributed by atoms with van der Waals surface area (Å²) in [5.41, 5.74) is 2.25. The maximum absolute atomic E-state index is 12.8. The van der Waals surface area contributed by atoms with Crippen LogP contribution in [0.4, 0.5) is 5.69 Å². The van der Waals surface area contributed by atoms with Crippen LogP contribution in [-0.2, 0) is 21.3 Å². The Balaban J connectivity index is 1.76. The number of methoxy groups -OCH3 is 2. The summed E-state index contributed by atoms with van der Waals surface area (Å²) in [5, 5.41) is 4.24. The molecule has 0 fully saturated rings. The van der Waals surface area contributed by atoms with E-state index in [0.717, 1.165) is 16.9 Å². The minimum atomic E-state index is -3.95. The number of nitrogens with one attached hydrogen (secondary N) is 2. The monoisotopic (exact) mass is 474 g/mol. The van der Waals surface area contributed by atoms with E-state index < -0.39 is 21.9 Å². The molecule has 0 unspecified atom stereocenters. The Bertz CT molecular complexity index is 1230. The molecule has 1 aromatic heterocycles. The van der Waals surface area contributed by atoms with Crippen LogP contribution in [0.1, 0.15) is 31.2 Å². The zero-order chi connectivity index (χ0) is 23.3. The van der Waals surface area contributed by atoms with E-state index in [1.165, 1.54) is 20.3 Å². The maximum Gasteiger partial charge on any atom is 0.341 e. The number of hydrogen-bond acceptors (Lipinski definition) is 7. The molecule has 168 valence electrons. The molecular weight excluding hydrogens is 452 g/mol. The van der Waals surface area contributed by atoms with Crippen molar-refractivity contribution in [1.82, 2.24) is 5.32 Å². The summed E-state index contributed by atoms with van der Waals surface area (Å²) in [6, 6.07) is 13.1. The van der Waals surface area contributed by atoms with Crippen LogP contribution in [0, 0.1) is 6.92 Å². The van der Waals surface area contributed by atoms with E-state index in [0.29, 0.717) is 17.0 Å². The first-order chi connectivity index (χ1) is 15.2. The molecule has 1 amide bonds. The zero-order valence-electron chi connectivity index (χ0n) is 17.7. The Hall–Kier alpha value is -3.37. The van der Waals surface area contributed by atoms with E-state index >= 15 is 0 Å². The van der Waals surface area contributed by atoms with E-state index in [2.05, 4.69) is 10.0 Å². The number of hydrogen-bond donors (Lipinski definition) is 2. The lowest BCUT2D eigenvalue weighted by Gasteiger charge is -2.11. The first-order valence-corrected chi connectivity index (χ1v) is 11.8. The van der Waals surface area contributed by atoms with Crippen LogP contribution >= 0.6 is 11.3 Å². The molecule has 1 heterocycles. The number of aryl methyl sites for hydroxylation is 1. The van der Waals surface area contributed by atoms with E-state index in [-0.39, 0.29) is 21.9 Å². The van der Waals surface area contributed by atoms with Crippen LogP contribution in [0.15, 0.2) is 58.8 Å². The third-order valence-electron chi connectivity index (χ3n) is 4.55. The largest absolute Gasteiger partial charge is 0.496 e. The second-order valence-corrected chi connectivity index (χ2v) is 9.36. The summed E-state index contributed by atoms with van der Waals surface area (Å²) in [7, 11) is -1.25. The van der Waals surface area contributed by atoms with E-state index in [9.17, 15) is 18.0 Å². The van der Waals surface area contributed by atoms with Crippen molar-refractivity contribution in [1.29, 1.82) is 0 Å². The molecule has 3 aromatic rings. The highest BCUT2D eigenvalue weighted by Crippen LogP contribution is 2.25. The molecule has 0 saturated carbocycles. The van der Waals surface area contributed by atoms with Crippen molar-refractivity contribution in [2.24, 2.45) is 0 Å². The molecule has 2 N–H and O–H groups in total. The van der Waals surface area contributed by atoms with Crippen LogP contribution in [0.25, 0.3) is 0 Å². The van der Waals surface area contributed by atoms with Gasteiger partial charge in [0.05, 0.1) is 14.2 Å². The predicted molar refractivity (Wildman–Crippen MR) is 122 cm³/mol. The number of thiophene rings is 1. The predicted octanol–water partition coefficient (Wildman–Crippen LogP) is 3.58. The van der Waals surface area contributed by atoms with Gasteiger partial charge >= 0.3 is 5.97 Å². The van der Waals surface area contributed by atoms with Gasteiger partial charge in [-0.2, -0.15) is 0 Å². The zero-order valence-corrected chi connectivity index (χ0v) is 19.3. The van der Waals surface area contributed by atoms with Gasteiger partial charge < -0.3 is 14.8 Å². The van der Waals surface area contributed by atoms with Crippen LogP contribution < -0.4 is 14.8 Å². The minimum Gasteiger partial charge on any atom is -0.496 e. The summed E-state index contributed by atoms with van der Waals surface area (Å²) in [6.07, 6.45) is 0. The van der Waals surface area contributed by atoms with Crippen LogP contribution in [0.2, 0.25) is 0 Å². The lowest BCUT2D eigenvalue weighted by molar-refractivity contribution is 0.0597. The summed E-state index contributed by atoms with van der Waals surface area (Å²) >= 11 is 1.03. The number of anilines is 1. The molecule has 0 aliphatic heterocycles. The Morgan fingerprint density at radius 3 is 2.41 bits per heavy atom. The molecule has 0 aliphatic carbocycles. The average Bonchev–Trinajstić information content (AvgIpc) is 3.29. The maximum atomic E-state index is 12.8. The first kappa shape index (κ1) is 23.3. The van der Waals surface area contributed by atoms with Gasteiger partial charge in [-0.1, -0.05) is 23.8 Å². The lowest BCUT2D eigenvalue weighted by atomic mass is 10.1. The number of ether oxygens (including phenoxy) is 2. The normalized spacial score (nSPS) is 11.0. The Morgan fingerprint density at radius 2 is 1.75 bits per heavy atom. The highest BCUT2D eigenvalue weighted by Gasteiger charge is 2.24. The molecule has 32 heavy (non-hydrogen) atoms. The fourth-order valence-electron chi connectivity index (χ4n) is 2.90. The van der Waals surface area contributed by atoms with Gasteiger partial charge in [-0.05, 0) is 48.2 Å². The van der Waals surface area contributed by atoms with Crippen LogP contribution in [0.3, 0.4) is 0 Å². The van der Waals surface area contributed by atoms with Gasteiger partial charge in [-0.25, -0.2) is 13.2 Å². The highest BCUT2D eigenvalue weighted by atomic mass is 32.2. The minimum absolute atomic E-state index is 0.0614. The van der Waals surface area contributed by atoms with Crippen molar-refractivity contribution in [2.75, 3.05) is 18.9 Å². The summed E-state index contributed by atoms with van der Waals surface area (Å²) in [5.74, 6) is -0.760. The number of sulfonamides is 1. The molecule has 0 bridgehead atoms. The fourth-order valence-corrected chi connectivity index (χ4v) is 5.31. The molecule has 0 spiro atoms. The number of rotatable bonds is 8. The van der Waals surface area contributed by atoms with Gasteiger partial charge in [0.2, 0.25) is 0 Å². The van der Waals surface area contributed by atoms with Crippen molar-refractivity contribution in [2.45, 2.75) is 18.4 Å². The molecule has 10 heteroatoms. The van der Waals surface area contributed by atoms with Crippen molar-refractivity contribution in [3.63, 3.8) is 0 Å². The average molecular weight is 475 g/mol. The van der Waals surface area contributed by atoms with Crippen molar-refractivity contribution < 1.29 is 27.5 Å². The van der Waals surface area contributed by atoms with E-state index in [1.54, 1.807) is 47.8 Å². The Kier molecular flexibility index (Phi) is 7.16. The molecule has 0 radical (unpaired) electrons. The van der Waals surface area contributed by atoms with Crippen LogP contribution in [-0.4, -0.2) is 34.5 Å².